The van der Waals surface area contributed by atoms with Gasteiger partial charge in [-0.3, -0.25) is 0 Å². The fourth-order valence-corrected chi connectivity index (χ4v) is 1.47. The molecule has 1 aliphatic rings. The average Bonchev–Trinajstić information content (AvgIpc) is 2.89. The number of hydrogen-bond acceptors (Lipinski definition) is 3. The Morgan fingerprint density at radius 3 is 2.67 bits per heavy atom. The molecule has 3 heteroatoms. The van der Waals surface area contributed by atoms with E-state index in [-0.39, 0.29) is 6.10 Å². The topological polar surface area (TPSA) is 49.5 Å². The summed E-state index contributed by atoms with van der Waals surface area (Å²) in [5.41, 5.74) is 5.32. The van der Waals surface area contributed by atoms with Crippen LogP contribution in [0.15, 0.2) is 0 Å². The molecule has 12 heavy (non-hydrogen) atoms. The van der Waals surface area contributed by atoms with E-state index in [1.54, 1.807) is 0 Å². The smallest absolute Gasteiger partial charge is 0.0674 e. The summed E-state index contributed by atoms with van der Waals surface area (Å²) in [6, 6.07) is 0.806. The van der Waals surface area contributed by atoms with Crippen molar-refractivity contribution in [1.82, 2.24) is 4.90 Å². The minimum atomic E-state index is -0.308. The molecule has 0 aliphatic heterocycles. The second-order valence-electron chi connectivity index (χ2n) is 3.54. The standard InChI is InChI=1S/C9H20N2O/c1-2-11(8-3-4-8)6-5-9(12)7-10/h8-9,12H,2-7,10H2,1H3. The van der Waals surface area contributed by atoms with Crippen LogP contribution in [0.5, 0.6) is 0 Å². The quantitative estimate of drug-likeness (QED) is 0.601. The SMILES string of the molecule is CCN(CCC(O)CN)C1CC1. The third-order valence-corrected chi connectivity index (χ3v) is 2.49. The molecule has 0 amide bonds. The number of hydrogen-bond donors (Lipinski definition) is 2. The maximum atomic E-state index is 9.25. The first-order valence-electron chi connectivity index (χ1n) is 4.90. The lowest BCUT2D eigenvalue weighted by Crippen LogP contribution is -2.31. The predicted octanol–water partition coefficient (Wildman–Crippen LogP) is 0.180. The molecule has 3 nitrogen and oxygen atoms in total. The summed E-state index contributed by atoms with van der Waals surface area (Å²) in [6.45, 7) is 4.66. The van der Waals surface area contributed by atoms with Crippen molar-refractivity contribution >= 4 is 0 Å². The minimum absolute atomic E-state index is 0.308. The van der Waals surface area contributed by atoms with Crippen LogP contribution in [0.2, 0.25) is 0 Å². The Morgan fingerprint density at radius 2 is 2.25 bits per heavy atom. The van der Waals surface area contributed by atoms with E-state index >= 15 is 0 Å². The summed E-state index contributed by atoms with van der Waals surface area (Å²) in [5.74, 6) is 0. The normalized spacial score (nSPS) is 20.0. The van der Waals surface area contributed by atoms with Gasteiger partial charge in [-0.25, -0.2) is 0 Å². The summed E-state index contributed by atoms with van der Waals surface area (Å²) in [5, 5.41) is 9.25. The van der Waals surface area contributed by atoms with Gasteiger partial charge < -0.3 is 15.7 Å². The number of rotatable bonds is 6. The molecule has 0 saturated heterocycles. The first-order chi connectivity index (χ1) is 5.77. The van der Waals surface area contributed by atoms with Gasteiger partial charge in [0, 0.05) is 19.1 Å². The number of aliphatic hydroxyl groups is 1. The summed E-state index contributed by atoms with van der Waals surface area (Å²) in [7, 11) is 0. The molecule has 0 aromatic carbocycles. The lowest BCUT2D eigenvalue weighted by molar-refractivity contribution is 0.146. The van der Waals surface area contributed by atoms with E-state index in [2.05, 4.69) is 11.8 Å². The van der Waals surface area contributed by atoms with Crippen LogP contribution < -0.4 is 5.73 Å². The van der Waals surface area contributed by atoms with Crippen LogP contribution in [0, 0.1) is 0 Å². The number of aliphatic hydroxyl groups excluding tert-OH is 1. The van der Waals surface area contributed by atoms with Crippen LogP contribution in [0.1, 0.15) is 26.2 Å². The predicted molar refractivity (Wildman–Crippen MR) is 49.9 cm³/mol. The second kappa shape index (κ2) is 4.80. The van der Waals surface area contributed by atoms with Gasteiger partial charge in [-0.2, -0.15) is 0 Å². The number of nitrogens with zero attached hydrogens (tertiary/aromatic N) is 1. The highest BCUT2D eigenvalue weighted by molar-refractivity contribution is 4.84. The molecule has 0 heterocycles. The van der Waals surface area contributed by atoms with Gasteiger partial charge in [0.25, 0.3) is 0 Å². The molecule has 0 bridgehead atoms. The Kier molecular flexibility index (Phi) is 3.98. The largest absolute Gasteiger partial charge is 0.392 e. The van der Waals surface area contributed by atoms with Gasteiger partial charge in [-0.15, -0.1) is 0 Å². The van der Waals surface area contributed by atoms with E-state index in [0.29, 0.717) is 6.54 Å². The monoisotopic (exact) mass is 172 g/mol. The van der Waals surface area contributed by atoms with Crippen molar-refractivity contribution in [3.8, 4) is 0 Å². The van der Waals surface area contributed by atoms with E-state index in [1.165, 1.54) is 12.8 Å². The summed E-state index contributed by atoms with van der Waals surface area (Å²) < 4.78 is 0. The van der Waals surface area contributed by atoms with E-state index in [1.807, 2.05) is 0 Å². The second-order valence-corrected chi connectivity index (χ2v) is 3.54. The van der Waals surface area contributed by atoms with Crippen molar-refractivity contribution in [2.24, 2.45) is 5.73 Å². The Morgan fingerprint density at radius 1 is 1.58 bits per heavy atom. The fraction of sp³-hybridized carbons (Fsp3) is 1.00. The van der Waals surface area contributed by atoms with Crippen LogP contribution in [0.4, 0.5) is 0 Å². The van der Waals surface area contributed by atoms with Crippen LogP contribution >= 0.6 is 0 Å². The van der Waals surface area contributed by atoms with Crippen LogP contribution in [-0.4, -0.2) is 41.8 Å². The Balaban J connectivity index is 2.10. The lowest BCUT2D eigenvalue weighted by atomic mass is 10.2. The highest BCUT2D eigenvalue weighted by Crippen LogP contribution is 2.26. The third kappa shape index (κ3) is 3.09. The molecule has 1 aliphatic carbocycles. The Bertz CT molecular complexity index is 126. The van der Waals surface area contributed by atoms with E-state index in [9.17, 15) is 5.11 Å². The van der Waals surface area contributed by atoms with Crippen LogP contribution in [-0.2, 0) is 0 Å². The molecule has 0 radical (unpaired) electrons. The Hall–Kier alpha value is -0.120. The molecule has 72 valence electrons. The summed E-state index contributed by atoms with van der Waals surface area (Å²) >= 11 is 0. The van der Waals surface area contributed by atoms with Gasteiger partial charge in [0.2, 0.25) is 0 Å². The maximum absolute atomic E-state index is 9.25. The van der Waals surface area contributed by atoms with Crippen molar-refractivity contribution in [2.45, 2.75) is 38.3 Å². The molecular formula is C9H20N2O. The van der Waals surface area contributed by atoms with Crippen LogP contribution in [0.25, 0.3) is 0 Å². The van der Waals surface area contributed by atoms with Crippen molar-refractivity contribution in [3.63, 3.8) is 0 Å². The fourth-order valence-electron chi connectivity index (χ4n) is 1.47. The van der Waals surface area contributed by atoms with Gasteiger partial charge in [0.1, 0.15) is 0 Å². The molecule has 1 fully saturated rings. The highest BCUT2D eigenvalue weighted by Gasteiger charge is 2.27. The van der Waals surface area contributed by atoms with Gasteiger partial charge >= 0.3 is 0 Å². The zero-order valence-corrected chi connectivity index (χ0v) is 7.87. The molecule has 1 atom stereocenters. The first kappa shape index (κ1) is 9.96. The van der Waals surface area contributed by atoms with Crippen molar-refractivity contribution in [1.29, 1.82) is 0 Å². The molecule has 1 unspecified atom stereocenters. The third-order valence-electron chi connectivity index (χ3n) is 2.49. The molecular weight excluding hydrogens is 152 g/mol. The Labute approximate surface area is 74.5 Å². The molecule has 0 aromatic rings. The van der Waals surface area contributed by atoms with Gasteiger partial charge in [0.05, 0.1) is 6.10 Å². The van der Waals surface area contributed by atoms with Crippen LogP contribution in [0.3, 0.4) is 0 Å². The zero-order valence-electron chi connectivity index (χ0n) is 7.87. The van der Waals surface area contributed by atoms with Crippen molar-refractivity contribution in [2.75, 3.05) is 19.6 Å². The highest BCUT2D eigenvalue weighted by atomic mass is 16.3. The molecule has 0 aromatic heterocycles. The van der Waals surface area contributed by atoms with Gasteiger partial charge in [-0.1, -0.05) is 6.92 Å². The maximum Gasteiger partial charge on any atom is 0.0674 e. The number of nitrogens with two attached hydrogens (primary N) is 1. The summed E-state index contributed by atoms with van der Waals surface area (Å²) in [6.07, 6.45) is 3.19. The van der Waals surface area contributed by atoms with E-state index < -0.39 is 0 Å². The van der Waals surface area contributed by atoms with Crippen molar-refractivity contribution < 1.29 is 5.11 Å². The van der Waals surface area contributed by atoms with Gasteiger partial charge in [-0.05, 0) is 25.8 Å². The first-order valence-corrected chi connectivity index (χ1v) is 4.90. The minimum Gasteiger partial charge on any atom is -0.392 e. The molecule has 1 saturated carbocycles. The van der Waals surface area contributed by atoms with Gasteiger partial charge in [0.15, 0.2) is 0 Å². The van der Waals surface area contributed by atoms with E-state index in [4.69, 9.17) is 5.73 Å². The summed E-state index contributed by atoms with van der Waals surface area (Å²) in [4.78, 5) is 2.43. The zero-order chi connectivity index (χ0) is 8.97. The molecule has 1 rings (SSSR count). The van der Waals surface area contributed by atoms with E-state index in [0.717, 1.165) is 25.6 Å². The van der Waals surface area contributed by atoms with Crippen molar-refractivity contribution in [3.05, 3.63) is 0 Å². The molecule has 3 N–H and O–H groups in total. The molecule has 0 spiro atoms. The lowest BCUT2D eigenvalue weighted by Gasteiger charge is -2.20. The average molecular weight is 172 g/mol.